The van der Waals surface area contributed by atoms with Crippen LogP contribution in [0.4, 0.5) is 8.78 Å². The first kappa shape index (κ1) is 23.2. The molecule has 0 bridgehead atoms. The fourth-order valence-corrected chi connectivity index (χ4v) is 4.92. The number of halogens is 2. The third kappa shape index (κ3) is 4.95. The lowest BCUT2D eigenvalue weighted by Crippen LogP contribution is -2.39. The second-order valence-corrected chi connectivity index (χ2v) is 9.12. The molecule has 1 fully saturated rings. The Morgan fingerprint density at radius 1 is 0.771 bits per heavy atom. The average molecular weight is 476 g/mol. The number of rotatable bonds is 7. The largest absolute Gasteiger partial charge is 0.329 e. The smallest absolute Gasteiger partial charge is 0.302 e. The fourth-order valence-electron chi connectivity index (χ4n) is 4.92. The molecule has 2 heterocycles. The molecule has 5 rings (SSSR count). The van der Waals surface area contributed by atoms with Gasteiger partial charge in [-0.05, 0) is 80.0 Å². The third-order valence-corrected chi connectivity index (χ3v) is 6.91. The van der Waals surface area contributed by atoms with E-state index in [2.05, 4.69) is 4.90 Å². The van der Waals surface area contributed by atoms with Gasteiger partial charge in [0.05, 0.1) is 17.6 Å². The van der Waals surface area contributed by atoms with Crippen LogP contribution in [0.15, 0.2) is 77.6 Å². The van der Waals surface area contributed by atoms with Crippen LogP contribution in [-0.2, 0) is 13.1 Å². The first-order valence-electron chi connectivity index (χ1n) is 11.9. The number of carbonyl (C=O) groups excluding carboxylic acids is 1. The maximum absolute atomic E-state index is 13.3. The highest BCUT2D eigenvalue weighted by atomic mass is 19.1. The predicted octanol–water partition coefficient (Wildman–Crippen LogP) is 4.72. The number of Topliss-reactive ketones (excluding diaryl/α,β-unsaturated/α-hetero) is 1. The van der Waals surface area contributed by atoms with Gasteiger partial charge in [0.1, 0.15) is 11.6 Å². The van der Waals surface area contributed by atoms with Crippen LogP contribution in [-0.4, -0.2) is 39.5 Å². The van der Waals surface area contributed by atoms with Gasteiger partial charge in [0, 0.05) is 24.6 Å². The summed E-state index contributed by atoms with van der Waals surface area (Å²) < 4.78 is 30.0. The number of piperidine rings is 1. The van der Waals surface area contributed by atoms with Gasteiger partial charge >= 0.3 is 5.69 Å². The SMILES string of the molecule is O=C(c1ccc(F)cc1)C1CCN(CCn2c(=O)n(Cc3ccc(F)cc3)c3ccccc32)CC1. The number of benzene rings is 3. The topological polar surface area (TPSA) is 47.2 Å². The molecular formula is C28H27F2N3O2. The standard InChI is InChI=1S/C28H27F2N3O2/c29-23-9-5-20(6-10-23)19-33-26-4-2-1-3-25(26)32(28(33)35)18-17-31-15-13-22(14-16-31)27(34)21-7-11-24(30)12-8-21/h1-12,22H,13-19H2. The number of hydrogen-bond donors (Lipinski definition) is 0. The maximum Gasteiger partial charge on any atom is 0.329 e. The third-order valence-electron chi connectivity index (χ3n) is 6.91. The van der Waals surface area contributed by atoms with Gasteiger partial charge in [-0.25, -0.2) is 13.6 Å². The summed E-state index contributed by atoms with van der Waals surface area (Å²) in [7, 11) is 0. The van der Waals surface area contributed by atoms with E-state index in [0.717, 1.165) is 42.5 Å². The summed E-state index contributed by atoms with van der Waals surface area (Å²) in [5.74, 6) is -0.626. The van der Waals surface area contributed by atoms with Gasteiger partial charge in [0.2, 0.25) is 0 Å². The summed E-state index contributed by atoms with van der Waals surface area (Å²) in [6.45, 7) is 3.19. The van der Waals surface area contributed by atoms with Crippen LogP contribution in [0.5, 0.6) is 0 Å². The molecule has 0 saturated carbocycles. The summed E-state index contributed by atoms with van der Waals surface area (Å²) in [6, 6.07) is 19.7. The number of ketones is 1. The number of aromatic nitrogens is 2. The molecule has 1 saturated heterocycles. The zero-order chi connectivity index (χ0) is 24.4. The first-order valence-corrected chi connectivity index (χ1v) is 11.9. The van der Waals surface area contributed by atoms with Crippen molar-refractivity contribution in [2.24, 2.45) is 5.92 Å². The quantitative estimate of drug-likeness (QED) is 0.363. The molecule has 0 amide bonds. The Labute approximate surface area is 202 Å². The Morgan fingerprint density at radius 2 is 1.34 bits per heavy atom. The minimum atomic E-state index is -0.342. The normalized spacial score (nSPS) is 15.0. The van der Waals surface area contributed by atoms with Crippen LogP contribution in [0.2, 0.25) is 0 Å². The number of hydrogen-bond acceptors (Lipinski definition) is 3. The van der Waals surface area contributed by atoms with Crippen LogP contribution < -0.4 is 5.69 Å². The number of carbonyl (C=O) groups is 1. The molecule has 3 aromatic carbocycles. The lowest BCUT2D eigenvalue weighted by atomic mass is 9.89. The molecule has 0 N–H and O–H groups in total. The summed E-state index contributed by atoms with van der Waals surface area (Å²) in [5, 5.41) is 0. The molecular weight excluding hydrogens is 448 g/mol. The molecule has 0 radical (unpaired) electrons. The van der Waals surface area contributed by atoms with E-state index < -0.39 is 0 Å². The molecule has 1 aromatic heterocycles. The van der Waals surface area contributed by atoms with Gasteiger partial charge in [-0.2, -0.15) is 0 Å². The highest BCUT2D eigenvalue weighted by Gasteiger charge is 2.26. The van der Waals surface area contributed by atoms with Gasteiger partial charge in [0.15, 0.2) is 5.78 Å². The number of fused-ring (bicyclic) bond motifs is 1. The minimum absolute atomic E-state index is 0.0583. The van der Waals surface area contributed by atoms with Gasteiger partial charge in [0.25, 0.3) is 0 Å². The van der Waals surface area contributed by atoms with E-state index in [-0.39, 0.29) is 29.0 Å². The molecule has 1 aliphatic heterocycles. The summed E-state index contributed by atoms with van der Waals surface area (Å²) in [5.41, 5.74) is 3.07. The van der Waals surface area contributed by atoms with Gasteiger partial charge < -0.3 is 4.90 Å². The van der Waals surface area contributed by atoms with E-state index in [4.69, 9.17) is 0 Å². The first-order chi connectivity index (χ1) is 17.0. The molecule has 0 atom stereocenters. The lowest BCUT2D eigenvalue weighted by molar-refractivity contribution is 0.0837. The predicted molar refractivity (Wildman–Crippen MR) is 132 cm³/mol. The van der Waals surface area contributed by atoms with E-state index in [0.29, 0.717) is 25.2 Å². The fraction of sp³-hybridized carbons (Fsp3) is 0.286. The number of nitrogens with zero attached hydrogens (tertiary/aromatic N) is 3. The van der Waals surface area contributed by atoms with Crippen molar-refractivity contribution in [2.45, 2.75) is 25.9 Å². The van der Waals surface area contributed by atoms with Crippen LogP contribution >= 0.6 is 0 Å². The monoisotopic (exact) mass is 475 g/mol. The van der Waals surface area contributed by atoms with Crippen LogP contribution in [0.25, 0.3) is 11.0 Å². The van der Waals surface area contributed by atoms with Gasteiger partial charge in [-0.1, -0.05) is 24.3 Å². The lowest BCUT2D eigenvalue weighted by Gasteiger charge is -2.31. The van der Waals surface area contributed by atoms with Crippen molar-refractivity contribution < 1.29 is 13.6 Å². The van der Waals surface area contributed by atoms with Crippen LogP contribution in [0, 0.1) is 17.6 Å². The minimum Gasteiger partial charge on any atom is -0.302 e. The average Bonchev–Trinajstić information content (AvgIpc) is 3.15. The number of para-hydroxylation sites is 2. The number of imidazole rings is 1. The van der Waals surface area contributed by atoms with Crippen molar-refractivity contribution in [1.82, 2.24) is 14.0 Å². The van der Waals surface area contributed by atoms with Gasteiger partial charge in [-0.15, -0.1) is 0 Å². The zero-order valence-corrected chi connectivity index (χ0v) is 19.4. The van der Waals surface area contributed by atoms with E-state index in [1.54, 1.807) is 33.4 Å². The molecule has 4 aromatic rings. The zero-order valence-electron chi connectivity index (χ0n) is 19.4. The van der Waals surface area contributed by atoms with Crippen molar-refractivity contribution in [1.29, 1.82) is 0 Å². The van der Waals surface area contributed by atoms with Crippen molar-refractivity contribution in [3.8, 4) is 0 Å². The molecule has 0 unspecified atom stereocenters. The van der Waals surface area contributed by atoms with Crippen LogP contribution in [0.1, 0.15) is 28.8 Å². The van der Waals surface area contributed by atoms with E-state index in [9.17, 15) is 18.4 Å². The van der Waals surface area contributed by atoms with E-state index in [1.165, 1.54) is 24.3 Å². The second-order valence-electron chi connectivity index (χ2n) is 9.12. The summed E-state index contributed by atoms with van der Waals surface area (Å²) in [6.07, 6.45) is 1.49. The van der Waals surface area contributed by atoms with E-state index >= 15 is 0 Å². The Morgan fingerprint density at radius 3 is 1.97 bits per heavy atom. The summed E-state index contributed by atoms with van der Waals surface area (Å²) >= 11 is 0. The Balaban J connectivity index is 1.25. The highest BCUT2D eigenvalue weighted by Crippen LogP contribution is 2.22. The van der Waals surface area contributed by atoms with E-state index in [1.807, 2.05) is 24.3 Å². The maximum atomic E-state index is 13.3. The Bertz CT molecular complexity index is 1380. The van der Waals surface area contributed by atoms with Gasteiger partial charge in [-0.3, -0.25) is 13.9 Å². The number of likely N-dealkylation sites (tertiary alicyclic amines) is 1. The molecule has 0 spiro atoms. The molecule has 180 valence electrons. The van der Waals surface area contributed by atoms with Crippen molar-refractivity contribution in [3.63, 3.8) is 0 Å². The molecule has 0 aliphatic carbocycles. The second kappa shape index (κ2) is 9.96. The van der Waals surface area contributed by atoms with Crippen LogP contribution in [0.3, 0.4) is 0 Å². The van der Waals surface area contributed by atoms with Crippen molar-refractivity contribution in [2.75, 3.05) is 19.6 Å². The Kier molecular flexibility index (Phi) is 6.59. The molecule has 7 heteroatoms. The Hall–Kier alpha value is -3.58. The molecule has 35 heavy (non-hydrogen) atoms. The van der Waals surface area contributed by atoms with Crippen molar-refractivity contribution in [3.05, 3.63) is 106 Å². The highest BCUT2D eigenvalue weighted by molar-refractivity contribution is 5.97. The summed E-state index contributed by atoms with van der Waals surface area (Å²) in [4.78, 5) is 28.4. The molecule has 5 nitrogen and oxygen atoms in total. The molecule has 1 aliphatic rings. The van der Waals surface area contributed by atoms with Crippen molar-refractivity contribution >= 4 is 16.8 Å².